The van der Waals surface area contributed by atoms with Crippen molar-refractivity contribution in [3.8, 4) is 6.19 Å². The molecule has 142 valence electrons. The Balaban J connectivity index is 2.18. The van der Waals surface area contributed by atoms with Crippen LogP contribution in [0.2, 0.25) is 5.02 Å². The van der Waals surface area contributed by atoms with Gasteiger partial charge in [-0.15, -0.1) is 0 Å². The molecule has 1 fully saturated rings. The number of likely N-dealkylation sites (tertiary alicyclic amines) is 1. The van der Waals surface area contributed by atoms with E-state index in [2.05, 4.69) is 10.0 Å². The fourth-order valence-corrected chi connectivity index (χ4v) is 4.71. The first-order chi connectivity index (χ1) is 12.3. The SMILES string of the molecule is CCC(CC)C(=O)Nc1ccc(Cl)c(S(=O)(=O)N[C@@H]2CCN(C#N)C2)c1. The second-order valence-corrected chi connectivity index (χ2v) is 8.39. The molecule has 9 heteroatoms. The monoisotopic (exact) mass is 398 g/mol. The van der Waals surface area contributed by atoms with E-state index >= 15 is 0 Å². The first kappa shape index (κ1) is 20.5. The highest BCUT2D eigenvalue weighted by molar-refractivity contribution is 7.89. The van der Waals surface area contributed by atoms with Crippen molar-refractivity contribution in [2.75, 3.05) is 18.4 Å². The van der Waals surface area contributed by atoms with Gasteiger partial charge in [-0.2, -0.15) is 5.26 Å². The second-order valence-electron chi connectivity index (χ2n) is 6.30. The molecule has 7 nitrogen and oxygen atoms in total. The number of nitrogens with one attached hydrogen (secondary N) is 2. The third-order valence-corrected chi connectivity index (χ3v) is 6.50. The normalized spacial score (nSPS) is 17.3. The van der Waals surface area contributed by atoms with Crippen LogP contribution in [-0.2, 0) is 14.8 Å². The van der Waals surface area contributed by atoms with Crippen LogP contribution in [0.4, 0.5) is 5.69 Å². The Labute approximate surface area is 159 Å². The number of hydrogen-bond donors (Lipinski definition) is 2. The van der Waals surface area contributed by atoms with Crippen molar-refractivity contribution < 1.29 is 13.2 Å². The molecular weight excluding hydrogens is 376 g/mol. The Morgan fingerprint density at radius 3 is 2.69 bits per heavy atom. The Bertz CT molecular complexity index is 803. The summed E-state index contributed by atoms with van der Waals surface area (Å²) < 4.78 is 27.9. The molecular formula is C17H23ClN4O3S. The standard InChI is InChI=1S/C17H23ClN4O3S/c1-3-12(4-2)17(23)20-13-5-6-15(18)16(9-13)26(24,25)21-14-7-8-22(10-14)11-19/h5-6,9,12,14,21H,3-4,7-8,10H2,1-2H3,(H,20,23)/t14-/m1/s1. The summed E-state index contributed by atoms with van der Waals surface area (Å²) in [6, 6.07) is 4.05. The van der Waals surface area contributed by atoms with E-state index < -0.39 is 10.0 Å². The quantitative estimate of drug-likeness (QED) is 0.687. The fourth-order valence-electron chi connectivity index (χ4n) is 2.92. The predicted octanol–water partition coefficient (Wildman–Crippen LogP) is 2.55. The molecule has 1 aromatic rings. The van der Waals surface area contributed by atoms with Crippen molar-refractivity contribution in [1.82, 2.24) is 9.62 Å². The van der Waals surface area contributed by atoms with Crippen molar-refractivity contribution >= 4 is 33.2 Å². The molecule has 1 aliphatic heterocycles. The van der Waals surface area contributed by atoms with Gasteiger partial charge in [-0.25, -0.2) is 13.1 Å². The number of rotatable bonds is 7. The Morgan fingerprint density at radius 2 is 2.12 bits per heavy atom. The molecule has 0 radical (unpaired) electrons. The van der Waals surface area contributed by atoms with Crippen molar-refractivity contribution in [2.24, 2.45) is 5.92 Å². The van der Waals surface area contributed by atoms with Crippen LogP contribution in [0.3, 0.4) is 0 Å². The maximum atomic E-state index is 12.7. The zero-order valence-electron chi connectivity index (χ0n) is 14.8. The summed E-state index contributed by atoms with van der Waals surface area (Å²) in [7, 11) is -3.87. The molecule has 0 unspecified atom stereocenters. The van der Waals surface area contributed by atoms with Gasteiger partial charge in [0.15, 0.2) is 6.19 Å². The second kappa shape index (κ2) is 8.71. The largest absolute Gasteiger partial charge is 0.326 e. The van der Waals surface area contributed by atoms with E-state index in [9.17, 15) is 13.2 Å². The summed E-state index contributed by atoms with van der Waals surface area (Å²) in [6.07, 6.45) is 3.98. The minimum absolute atomic E-state index is 0.0770. The van der Waals surface area contributed by atoms with Gasteiger partial charge in [0.2, 0.25) is 15.9 Å². The summed E-state index contributed by atoms with van der Waals surface area (Å²) in [5.41, 5.74) is 0.386. The topological polar surface area (TPSA) is 102 Å². The van der Waals surface area contributed by atoms with Gasteiger partial charge in [0.25, 0.3) is 0 Å². The number of sulfonamides is 1. The highest BCUT2D eigenvalue weighted by Gasteiger charge is 2.28. The summed E-state index contributed by atoms with van der Waals surface area (Å²) in [6.45, 7) is 4.71. The van der Waals surface area contributed by atoms with Crippen LogP contribution in [0.1, 0.15) is 33.1 Å². The lowest BCUT2D eigenvalue weighted by atomic mass is 10.0. The van der Waals surface area contributed by atoms with Gasteiger partial charge >= 0.3 is 0 Å². The molecule has 0 saturated carbocycles. The number of amides is 1. The zero-order valence-corrected chi connectivity index (χ0v) is 16.4. The lowest BCUT2D eigenvalue weighted by Crippen LogP contribution is -2.36. The average molecular weight is 399 g/mol. The molecule has 0 aliphatic carbocycles. The fraction of sp³-hybridized carbons (Fsp3) is 0.529. The maximum absolute atomic E-state index is 12.7. The first-order valence-electron chi connectivity index (χ1n) is 8.58. The third-order valence-electron chi connectivity index (χ3n) is 4.50. The number of nitriles is 1. The molecule has 2 N–H and O–H groups in total. The van der Waals surface area contributed by atoms with Crippen LogP contribution < -0.4 is 10.0 Å². The minimum atomic E-state index is -3.87. The molecule has 1 amide bonds. The molecule has 0 spiro atoms. The molecule has 1 saturated heterocycles. The average Bonchev–Trinajstić information content (AvgIpc) is 3.04. The summed E-state index contributed by atoms with van der Waals surface area (Å²) in [5, 5.41) is 11.7. The van der Waals surface area contributed by atoms with Crippen LogP contribution >= 0.6 is 11.6 Å². The predicted molar refractivity (Wildman–Crippen MR) is 100 cm³/mol. The Morgan fingerprint density at radius 1 is 1.42 bits per heavy atom. The molecule has 0 aromatic heterocycles. The lowest BCUT2D eigenvalue weighted by molar-refractivity contribution is -0.120. The van der Waals surface area contributed by atoms with Crippen LogP contribution in [0.5, 0.6) is 0 Å². The lowest BCUT2D eigenvalue weighted by Gasteiger charge is -2.16. The summed E-state index contributed by atoms with van der Waals surface area (Å²) in [5.74, 6) is -0.270. The van der Waals surface area contributed by atoms with Gasteiger partial charge in [0.05, 0.1) is 5.02 Å². The molecule has 26 heavy (non-hydrogen) atoms. The molecule has 1 heterocycles. The van der Waals surface area contributed by atoms with Crippen LogP contribution in [-0.4, -0.2) is 38.4 Å². The molecule has 1 atom stereocenters. The highest BCUT2D eigenvalue weighted by atomic mass is 35.5. The molecule has 2 rings (SSSR count). The van der Waals surface area contributed by atoms with Crippen molar-refractivity contribution in [2.45, 2.75) is 44.0 Å². The summed E-state index contributed by atoms with van der Waals surface area (Å²) in [4.78, 5) is 13.6. The smallest absolute Gasteiger partial charge is 0.242 e. The van der Waals surface area contributed by atoms with E-state index in [1.807, 2.05) is 20.0 Å². The van der Waals surface area contributed by atoms with Gasteiger partial charge in [0.1, 0.15) is 4.90 Å². The van der Waals surface area contributed by atoms with Crippen LogP contribution in [0.15, 0.2) is 23.1 Å². The number of halogens is 1. The number of benzene rings is 1. The van der Waals surface area contributed by atoms with Crippen LogP contribution in [0.25, 0.3) is 0 Å². The van der Waals surface area contributed by atoms with E-state index in [1.54, 1.807) is 6.07 Å². The van der Waals surface area contributed by atoms with E-state index in [0.29, 0.717) is 38.0 Å². The minimum Gasteiger partial charge on any atom is -0.326 e. The number of anilines is 1. The Hall–Kier alpha value is -1.82. The third kappa shape index (κ3) is 4.87. The van der Waals surface area contributed by atoms with E-state index in [-0.39, 0.29) is 27.8 Å². The highest BCUT2D eigenvalue weighted by Crippen LogP contribution is 2.26. The molecule has 0 bridgehead atoms. The van der Waals surface area contributed by atoms with Gasteiger partial charge in [-0.3, -0.25) is 4.79 Å². The van der Waals surface area contributed by atoms with E-state index in [1.165, 1.54) is 17.0 Å². The van der Waals surface area contributed by atoms with Crippen molar-refractivity contribution in [1.29, 1.82) is 5.26 Å². The van der Waals surface area contributed by atoms with Crippen LogP contribution in [0, 0.1) is 17.4 Å². The first-order valence-corrected chi connectivity index (χ1v) is 10.4. The molecule has 1 aliphatic rings. The van der Waals surface area contributed by atoms with Crippen molar-refractivity contribution in [3.05, 3.63) is 23.2 Å². The number of nitrogens with zero attached hydrogens (tertiary/aromatic N) is 2. The number of hydrogen-bond acceptors (Lipinski definition) is 5. The number of carbonyl (C=O) groups excluding carboxylic acids is 1. The zero-order chi connectivity index (χ0) is 19.3. The van der Waals surface area contributed by atoms with E-state index in [4.69, 9.17) is 16.9 Å². The van der Waals surface area contributed by atoms with Gasteiger partial charge < -0.3 is 10.2 Å². The Kier molecular flexibility index (Phi) is 6.87. The number of carbonyl (C=O) groups is 1. The molecule has 1 aromatic carbocycles. The van der Waals surface area contributed by atoms with Gasteiger partial charge in [0, 0.05) is 30.7 Å². The van der Waals surface area contributed by atoms with Gasteiger partial charge in [-0.1, -0.05) is 25.4 Å². The summed E-state index contributed by atoms with van der Waals surface area (Å²) >= 11 is 6.08. The van der Waals surface area contributed by atoms with Gasteiger partial charge in [-0.05, 0) is 37.5 Å². The van der Waals surface area contributed by atoms with E-state index in [0.717, 1.165) is 0 Å². The maximum Gasteiger partial charge on any atom is 0.242 e. The van der Waals surface area contributed by atoms with Crippen molar-refractivity contribution in [3.63, 3.8) is 0 Å².